The number of hydrogen-bond acceptors (Lipinski definition) is 5. The highest BCUT2D eigenvalue weighted by molar-refractivity contribution is 6.00. The lowest BCUT2D eigenvalue weighted by atomic mass is 9.79. The van der Waals surface area contributed by atoms with Crippen LogP contribution in [0.4, 0.5) is 0 Å². The number of hydrogen-bond donors (Lipinski definition) is 1. The van der Waals surface area contributed by atoms with E-state index in [9.17, 15) is 9.90 Å². The minimum atomic E-state index is -1.29. The molecule has 2 aromatic carbocycles. The molecule has 7 nitrogen and oxygen atoms in total. The molecule has 0 amide bonds. The van der Waals surface area contributed by atoms with Gasteiger partial charge in [0.05, 0.1) is 19.3 Å². The van der Waals surface area contributed by atoms with Crippen LogP contribution >= 0.6 is 0 Å². The molecular weight excluding hydrogens is 454 g/mol. The molecular formula is C29H27N3O4. The van der Waals surface area contributed by atoms with Gasteiger partial charge in [0.25, 0.3) is 0 Å². The van der Waals surface area contributed by atoms with Gasteiger partial charge in [0.15, 0.2) is 0 Å². The molecule has 5 aromatic rings. The van der Waals surface area contributed by atoms with Gasteiger partial charge in [-0.25, -0.2) is 4.79 Å². The molecule has 182 valence electrons. The second-order valence-corrected chi connectivity index (χ2v) is 9.40. The van der Waals surface area contributed by atoms with E-state index in [1.165, 1.54) is 0 Å². The molecule has 0 saturated carbocycles. The zero-order valence-corrected chi connectivity index (χ0v) is 20.9. The number of nitrogens with zero attached hydrogens (tertiary/aromatic N) is 3. The Balaban J connectivity index is 1.85. The monoisotopic (exact) mass is 481 g/mol. The first-order chi connectivity index (χ1) is 17.3. The number of carbonyl (C=O) groups is 1. The Bertz CT molecular complexity index is 1620. The Morgan fingerprint density at radius 3 is 2.25 bits per heavy atom. The van der Waals surface area contributed by atoms with E-state index < -0.39 is 11.6 Å². The Morgan fingerprint density at radius 2 is 1.61 bits per heavy atom. The van der Waals surface area contributed by atoms with E-state index in [4.69, 9.17) is 14.5 Å². The normalized spacial score (nSPS) is 17.1. The number of methoxy groups -OCH3 is 1. The summed E-state index contributed by atoms with van der Waals surface area (Å²) in [7, 11) is 5.66. The summed E-state index contributed by atoms with van der Waals surface area (Å²) in [5.74, 6) is 0.305. The third-order valence-electron chi connectivity index (χ3n) is 7.75. The molecule has 1 aliphatic rings. The van der Waals surface area contributed by atoms with Crippen molar-refractivity contribution in [2.75, 3.05) is 7.11 Å². The lowest BCUT2D eigenvalue weighted by molar-refractivity contribution is 0.0247. The first-order valence-corrected chi connectivity index (χ1v) is 11.8. The zero-order chi connectivity index (χ0) is 25.4. The summed E-state index contributed by atoms with van der Waals surface area (Å²) in [4.78, 5) is 18.2. The maximum atomic E-state index is 13.4. The zero-order valence-electron chi connectivity index (χ0n) is 20.9. The number of benzene rings is 2. The molecule has 7 heteroatoms. The quantitative estimate of drug-likeness (QED) is 0.378. The Labute approximate surface area is 208 Å². The van der Waals surface area contributed by atoms with Gasteiger partial charge in [0.2, 0.25) is 5.60 Å². The summed E-state index contributed by atoms with van der Waals surface area (Å²) in [5, 5.41) is 11.8. The molecule has 36 heavy (non-hydrogen) atoms. The lowest BCUT2D eigenvalue weighted by Gasteiger charge is -2.30. The summed E-state index contributed by atoms with van der Waals surface area (Å²) in [6.07, 6.45) is 1.70. The average molecular weight is 482 g/mol. The second kappa shape index (κ2) is 7.70. The van der Waals surface area contributed by atoms with Crippen LogP contribution in [-0.2, 0) is 31.0 Å². The molecule has 6 rings (SSSR count). The van der Waals surface area contributed by atoms with Gasteiger partial charge in [-0.1, -0.05) is 6.07 Å². The van der Waals surface area contributed by atoms with Gasteiger partial charge in [-0.3, -0.25) is 4.98 Å². The number of pyridine rings is 1. The summed E-state index contributed by atoms with van der Waals surface area (Å²) in [6, 6.07) is 15.4. The Morgan fingerprint density at radius 1 is 0.972 bits per heavy atom. The lowest BCUT2D eigenvalue weighted by Crippen LogP contribution is -2.32. The highest BCUT2D eigenvalue weighted by atomic mass is 16.6. The topological polar surface area (TPSA) is 78.5 Å². The summed E-state index contributed by atoms with van der Waals surface area (Å²) in [5.41, 5.74) is 6.10. The third kappa shape index (κ3) is 2.72. The van der Waals surface area contributed by atoms with Crippen molar-refractivity contribution < 1.29 is 19.4 Å². The Hall–Kier alpha value is -4.10. The first-order valence-electron chi connectivity index (χ1n) is 11.8. The standard InChI is InChI=1S/C29H27N3O4/c1-16-25(21-13-18(15-33)8-10-23(21)31(16)3)29(27-20(28(34)36-29)7-6-12-30-27)26-17(2)32(4)24-11-9-19(35-5)14-22(24)26/h6-14,33H,15H2,1-5H3. The molecule has 0 fully saturated rings. The molecule has 0 bridgehead atoms. The number of aliphatic hydroxyl groups is 1. The van der Waals surface area contributed by atoms with Gasteiger partial charge >= 0.3 is 5.97 Å². The maximum absolute atomic E-state index is 13.4. The van der Waals surface area contributed by atoms with Gasteiger partial charge in [0, 0.05) is 64.6 Å². The molecule has 4 heterocycles. The smallest absolute Gasteiger partial charge is 0.341 e. The average Bonchev–Trinajstić information content (AvgIpc) is 3.43. The number of rotatable bonds is 4. The van der Waals surface area contributed by atoms with Crippen LogP contribution in [0.3, 0.4) is 0 Å². The van der Waals surface area contributed by atoms with Crippen molar-refractivity contribution in [3.05, 3.63) is 94.1 Å². The van der Waals surface area contributed by atoms with Crippen LogP contribution in [0.25, 0.3) is 21.8 Å². The highest BCUT2D eigenvalue weighted by Gasteiger charge is 2.54. The predicted octanol–water partition coefficient (Wildman–Crippen LogP) is 4.65. The molecule has 1 atom stereocenters. The minimum Gasteiger partial charge on any atom is -0.497 e. The molecule has 0 radical (unpaired) electrons. The fraction of sp³-hybridized carbons (Fsp3) is 0.241. The van der Waals surface area contributed by atoms with Crippen molar-refractivity contribution in [2.24, 2.45) is 14.1 Å². The van der Waals surface area contributed by atoms with E-state index in [-0.39, 0.29) is 6.61 Å². The van der Waals surface area contributed by atoms with E-state index in [2.05, 4.69) is 9.13 Å². The summed E-state index contributed by atoms with van der Waals surface area (Å²) in [6.45, 7) is 3.99. The van der Waals surface area contributed by atoms with Crippen molar-refractivity contribution in [1.82, 2.24) is 14.1 Å². The van der Waals surface area contributed by atoms with Crippen molar-refractivity contribution in [1.29, 1.82) is 0 Å². The largest absolute Gasteiger partial charge is 0.497 e. The van der Waals surface area contributed by atoms with Crippen LogP contribution in [0.5, 0.6) is 5.75 Å². The molecule has 1 aliphatic heterocycles. The third-order valence-corrected chi connectivity index (χ3v) is 7.75. The van der Waals surface area contributed by atoms with Crippen LogP contribution in [-0.4, -0.2) is 32.3 Å². The van der Waals surface area contributed by atoms with Crippen LogP contribution in [0.2, 0.25) is 0 Å². The van der Waals surface area contributed by atoms with Gasteiger partial charge in [-0.05, 0) is 61.9 Å². The molecule has 0 saturated heterocycles. The summed E-state index contributed by atoms with van der Waals surface area (Å²) >= 11 is 0. The number of aromatic nitrogens is 3. The number of aryl methyl sites for hydroxylation is 2. The SMILES string of the molecule is COc1ccc2c(c1)c(C1(c3c(C)n(C)c4ccc(CO)cc34)OC(=O)c3cccnc31)c(C)n2C. The maximum Gasteiger partial charge on any atom is 0.341 e. The van der Waals surface area contributed by atoms with E-state index in [0.717, 1.165) is 49.9 Å². The minimum absolute atomic E-state index is 0.0879. The molecule has 1 unspecified atom stereocenters. The second-order valence-electron chi connectivity index (χ2n) is 9.40. The van der Waals surface area contributed by atoms with Gasteiger partial charge < -0.3 is 23.7 Å². The van der Waals surface area contributed by atoms with Gasteiger partial charge in [-0.15, -0.1) is 0 Å². The first kappa shape index (κ1) is 22.4. The number of fused-ring (bicyclic) bond motifs is 3. The Kier molecular flexibility index (Phi) is 4.78. The van der Waals surface area contributed by atoms with Crippen LogP contribution in [0.15, 0.2) is 54.7 Å². The van der Waals surface area contributed by atoms with Crippen LogP contribution in [0.1, 0.15) is 44.1 Å². The van der Waals surface area contributed by atoms with Gasteiger partial charge in [-0.2, -0.15) is 0 Å². The molecule has 3 aromatic heterocycles. The van der Waals surface area contributed by atoms with E-state index in [1.807, 2.05) is 64.3 Å². The van der Waals surface area contributed by atoms with Crippen molar-refractivity contribution >= 4 is 27.8 Å². The van der Waals surface area contributed by atoms with Crippen molar-refractivity contribution in [3.8, 4) is 5.75 Å². The van der Waals surface area contributed by atoms with Crippen LogP contribution in [0, 0.1) is 13.8 Å². The van der Waals surface area contributed by atoms with E-state index in [0.29, 0.717) is 17.0 Å². The number of cyclic esters (lactones) is 1. The van der Waals surface area contributed by atoms with Crippen LogP contribution < -0.4 is 4.74 Å². The molecule has 0 aliphatic carbocycles. The highest BCUT2D eigenvalue weighted by Crippen LogP contribution is 2.53. The van der Waals surface area contributed by atoms with Crippen molar-refractivity contribution in [2.45, 2.75) is 26.1 Å². The summed E-state index contributed by atoms with van der Waals surface area (Å²) < 4.78 is 16.3. The number of aliphatic hydroxyl groups excluding tert-OH is 1. The van der Waals surface area contributed by atoms with Gasteiger partial charge in [0.1, 0.15) is 11.4 Å². The molecule has 1 N–H and O–H groups in total. The van der Waals surface area contributed by atoms with Crippen molar-refractivity contribution in [3.63, 3.8) is 0 Å². The fourth-order valence-corrected chi connectivity index (χ4v) is 5.84. The van der Waals surface area contributed by atoms with E-state index >= 15 is 0 Å². The number of carbonyl (C=O) groups excluding carboxylic acids is 1. The fourth-order valence-electron chi connectivity index (χ4n) is 5.84. The molecule has 0 spiro atoms. The predicted molar refractivity (Wildman–Crippen MR) is 137 cm³/mol. The number of esters is 1. The number of ether oxygens (including phenoxy) is 2. The van der Waals surface area contributed by atoms with E-state index in [1.54, 1.807) is 25.4 Å².